The number of fused-ring (bicyclic) bond motifs is 1. The number of hydrogen-bond donors (Lipinski definition) is 1. The van der Waals surface area contributed by atoms with Gasteiger partial charge >= 0.3 is 0 Å². The quantitative estimate of drug-likeness (QED) is 0.750. The van der Waals surface area contributed by atoms with Crippen molar-refractivity contribution in [3.8, 4) is 5.88 Å². The van der Waals surface area contributed by atoms with Gasteiger partial charge in [0.2, 0.25) is 11.2 Å². The third-order valence-electron chi connectivity index (χ3n) is 1.63. The van der Waals surface area contributed by atoms with Crippen molar-refractivity contribution >= 4 is 22.6 Å². The Bertz CT molecular complexity index is 426. The van der Waals surface area contributed by atoms with E-state index in [-0.39, 0.29) is 5.28 Å². The van der Waals surface area contributed by atoms with Crippen LogP contribution in [0, 0.1) is 0 Å². The molecule has 0 amide bonds. The molecule has 1 N–H and O–H groups in total. The van der Waals surface area contributed by atoms with Crippen molar-refractivity contribution in [3.05, 3.63) is 17.5 Å². The molecule has 0 fully saturated rings. The Morgan fingerprint density at radius 2 is 2.38 bits per heavy atom. The molecule has 0 radical (unpaired) electrons. The number of halogens is 1. The minimum atomic E-state index is 0.193. The molecule has 0 aliphatic carbocycles. The third-order valence-corrected chi connectivity index (χ3v) is 1.80. The summed E-state index contributed by atoms with van der Waals surface area (Å²) in [7, 11) is 0. The molecule has 0 saturated heterocycles. The van der Waals surface area contributed by atoms with Gasteiger partial charge in [-0.25, -0.2) is 0 Å². The number of aromatic amines is 1. The Morgan fingerprint density at radius 1 is 1.54 bits per heavy atom. The van der Waals surface area contributed by atoms with E-state index in [9.17, 15) is 0 Å². The number of hydrogen-bond acceptors (Lipinski definition) is 3. The first-order valence-corrected chi connectivity index (χ1v) is 4.32. The SMILES string of the molecule is CCOc1nc(Cl)nc2[nH]ccc12. The van der Waals surface area contributed by atoms with Crippen LogP contribution in [0.5, 0.6) is 5.88 Å². The fraction of sp³-hybridized carbons (Fsp3) is 0.250. The first-order valence-electron chi connectivity index (χ1n) is 3.94. The summed E-state index contributed by atoms with van der Waals surface area (Å²) < 4.78 is 5.30. The van der Waals surface area contributed by atoms with Crippen molar-refractivity contribution in [3.63, 3.8) is 0 Å². The summed E-state index contributed by atoms with van der Waals surface area (Å²) >= 11 is 5.69. The Morgan fingerprint density at radius 3 is 3.15 bits per heavy atom. The molecule has 2 aromatic rings. The first-order chi connectivity index (χ1) is 6.31. The molecule has 2 aromatic heterocycles. The average Bonchev–Trinajstić information content (AvgIpc) is 2.52. The standard InChI is InChI=1S/C8H8ClN3O/c1-2-13-7-5-3-4-10-6(5)11-8(9)12-7/h3-4H,2H2,1H3,(H,10,11,12). The van der Waals surface area contributed by atoms with Gasteiger partial charge < -0.3 is 9.72 Å². The second-order valence-electron chi connectivity index (χ2n) is 2.47. The van der Waals surface area contributed by atoms with Gasteiger partial charge in [0, 0.05) is 6.20 Å². The molecule has 5 heteroatoms. The van der Waals surface area contributed by atoms with Crippen LogP contribution in [0.3, 0.4) is 0 Å². The highest BCUT2D eigenvalue weighted by atomic mass is 35.5. The van der Waals surface area contributed by atoms with Crippen LogP contribution in [0.25, 0.3) is 11.0 Å². The van der Waals surface area contributed by atoms with Crippen molar-refractivity contribution in [1.29, 1.82) is 0 Å². The molecule has 0 aliphatic heterocycles. The third kappa shape index (κ3) is 1.45. The van der Waals surface area contributed by atoms with E-state index >= 15 is 0 Å². The van der Waals surface area contributed by atoms with Crippen molar-refractivity contribution in [2.24, 2.45) is 0 Å². The van der Waals surface area contributed by atoms with Crippen molar-refractivity contribution in [1.82, 2.24) is 15.0 Å². The molecule has 68 valence electrons. The van der Waals surface area contributed by atoms with E-state index in [2.05, 4.69) is 15.0 Å². The minimum Gasteiger partial charge on any atom is -0.477 e. The van der Waals surface area contributed by atoms with Crippen LogP contribution < -0.4 is 4.74 Å². The topological polar surface area (TPSA) is 50.8 Å². The maximum Gasteiger partial charge on any atom is 0.227 e. The Labute approximate surface area is 79.9 Å². The molecule has 0 aromatic carbocycles. The summed E-state index contributed by atoms with van der Waals surface area (Å²) in [5, 5.41) is 1.05. The molecule has 13 heavy (non-hydrogen) atoms. The van der Waals surface area contributed by atoms with Crippen molar-refractivity contribution in [2.75, 3.05) is 6.61 Å². The molecule has 0 spiro atoms. The fourth-order valence-electron chi connectivity index (χ4n) is 1.13. The second-order valence-corrected chi connectivity index (χ2v) is 2.81. The molecule has 4 nitrogen and oxygen atoms in total. The maximum absolute atomic E-state index is 5.69. The number of nitrogens with one attached hydrogen (secondary N) is 1. The lowest BCUT2D eigenvalue weighted by atomic mass is 10.4. The lowest BCUT2D eigenvalue weighted by Crippen LogP contribution is -1.96. The lowest BCUT2D eigenvalue weighted by molar-refractivity contribution is 0.331. The van der Waals surface area contributed by atoms with E-state index < -0.39 is 0 Å². The Kier molecular flexibility index (Phi) is 2.06. The molecular formula is C8H8ClN3O. The van der Waals surface area contributed by atoms with Crippen LogP contribution in [0.1, 0.15) is 6.92 Å². The highest BCUT2D eigenvalue weighted by molar-refractivity contribution is 6.28. The second kappa shape index (κ2) is 3.22. The highest BCUT2D eigenvalue weighted by Gasteiger charge is 2.07. The summed E-state index contributed by atoms with van der Waals surface area (Å²) in [6, 6.07) is 1.86. The Balaban J connectivity index is 2.63. The summed E-state index contributed by atoms with van der Waals surface area (Å²) in [6.07, 6.45) is 1.78. The van der Waals surface area contributed by atoms with E-state index in [0.717, 1.165) is 5.39 Å². The predicted octanol–water partition coefficient (Wildman–Crippen LogP) is 2.01. The fourth-order valence-corrected chi connectivity index (χ4v) is 1.29. The van der Waals surface area contributed by atoms with Gasteiger partial charge in [-0.15, -0.1) is 0 Å². The van der Waals surface area contributed by atoms with Crippen LogP contribution in [-0.4, -0.2) is 21.6 Å². The maximum atomic E-state index is 5.69. The monoisotopic (exact) mass is 197 g/mol. The van der Waals surface area contributed by atoms with Gasteiger partial charge in [0.05, 0.1) is 12.0 Å². The zero-order valence-electron chi connectivity index (χ0n) is 7.04. The summed E-state index contributed by atoms with van der Waals surface area (Å²) in [4.78, 5) is 10.9. The molecule has 2 heterocycles. The zero-order chi connectivity index (χ0) is 9.26. The number of rotatable bonds is 2. The smallest absolute Gasteiger partial charge is 0.227 e. The van der Waals surface area contributed by atoms with Crippen LogP contribution >= 0.6 is 11.6 Å². The molecule has 0 bridgehead atoms. The van der Waals surface area contributed by atoms with E-state index in [0.29, 0.717) is 18.1 Å². The predicted molar refractivity (Wildman–Crippen MR) is 50.1 cm³/mol. The number of aromatic nitrogens is 3. The first kappa shape index (κ1) is 8.31. The normalized spacial score (nSPS) is 10.6. The van der Waals surface area contributed by atoms with Crippen molar-refractivity contribution in [2.45, 2.75) is 6.92 Å². The molecule has 2 rings (SSSR count). The lowest BCUT2D eigenvalue weighted by Gasteiger charge is -2.02. The summed E-state index contributed by atoms with van der Waals surface area (Å²) in [5.74, 6) is 0.527. The van der Waals surface area contributed by atoms with E-state index in [4.69, 9.17) is 16.3 Å². The highest BCUT2D eigenvalue weighted by Crippen LogP contribution is 2.22. The van der Waals surface area contributed by atoms with Crippen LogP contribution in [0.2, 0.25) is 5.28 Å². The Hall–Kier alpha value is -1.29. The van der Waals surface area contributed by atoms with E-state index in [1.807, 2.05) is 13.0 Å². The van der Waals surface area contributed by atoms with Gasteiger partial charge in [-0.3, -0.25) is 0 Å². The van der Waals surface area contributed by atoms with Gasteiger partial charge in [0.15, 0.2) is 0 Å². The summed E-state index contributed by atoms with van der Waals surface area (Å²) in [6.45, 7) is 2.46. The average molecular weight is 198 g/mol. The number of ether oxygens (including phenoxy) is 1. The van der Waals surface area contributed by atoms with E-state index in [1.165, 1.54) is 0 Å². The summed E-state index contributed by atoms with van der Waals surface area (Å²) in [5.41, 5.74) is 0.698. The van der Waals surface area contributed by atoms with Crippen LogP contribution in [0.4, 0.5) is 0 Å². The van der Waals surface area contributed by atoms with Gasteiger partial charge in [-0.1, -0.05) is 0 Å². The molecule has 0 atom stereocenters. The van der Waals surface area contributed by atoms with Gasteiger partial charge in [0.1, 0.15) is 5.65 Å². The van der Waals surface area contributed by atoms with E-state index in [1.54, 1.807) is 6.20 Å². The number of nitrogens with zero attached hydrogens (tertiary/aromatic N) is 2. The molecule has 0 unspecified atom stereocenters. The molecule has 0 aliphatic rings. The molecule has 0 saturated carbocycles. The largest absolute Gasteiger partial charge is 0.477 e. The van der Waals surface area contributed by atoms with Crippen LogP contribution in [-0.2, 0) is 0 Å². The number of H-pyrrole nitrogens is 1. The molecular weight excluding hydrogens is 190 g/mol. The van der Waals surface area contributed by atoms with Gasteiger partial charge in [-0.2, -0.15) is 9.97 Å². The van der Waals surface area contributed by atoms with Gasteiger partial charge in [0.25, 0.3) is 0 Å². The van der Waals surface area contributed by atoms with Crippen LogP contribution in [0.15, 0.2) is 12.3 Å². The van der Waals surface area contributed by atoms with Gasteiger partial charge in [-0.05, 0) is 24.6 Å². The zero-order valence-corrected chi connectivity index (χ0v) is 7.80. The van der Waals surface area contributed by atoms with Crippen molar-refractivity contribution < 1.29 is 4.74 Å². The minimum absolute atomic E-state index is 0.193.